The Hall–Kier alpha value is -4.75. The molecular formula is C33H35ClN6O6S. The maximum absolute atomic E-state index is 13.0. The van der Waals surface area contributed by atoms with Crippen LogP contribution in [0.15, 0.2) is 78.0 Å². The summed E-state index contributed by atoms with van der Waals surface area (Å²) in [6.07, 6.45) is 4.46. The minimum Gasteiger partial charge on any atom is -0.444 e. The number of hydrogen-bond acceptors (Lipinski definition) is 10. The molecule has 2 aromatic heterocycles. The molecular weight excluding hydrogens is 644 g/mol. The molecule has 5 rings (SSSR count). The van der Waals surface area contributed by atoms with Gasteiger partial charge in [0.05, 0.1) is 16.3 Å². The lowest BCUT2D eigenvalue weighted by Crippen LogP contribution is -2.47. The van der Waals surface area contributed by atoms with E-state index in [0.717, 1.165) is 12.8 Å². The zero-order valence-electron chi connectivity index (χ0n) is 26.4. The van der Waals surface area contributed by atoms with E-state index in [1.807, 2.05) is 20.8 Å². The monoisotopic (exact) mass is 678 g/mol. The third-order valence-corrected chi connectivity index (χ3v) is 8.95. The zero-order chi connectivity index (χ0) is 33.8. The molecule has 14 heteroatoms. The molecule has 4 aromatic rings. The van der Waals surface area contributed by atoms with E-state index in [1.54, 1.807) is 54.5 Å². The summed E-state index contributed by atoms with van der Waals surface area (Å²) in [7, 11) is -4.22. The average Bonchev–Trinajstić information content (AvgIpc) is 3.02. The summed E-state index contributed by atoms with van der Waals surface area (Å²) in [5, 5.41) is 3.33. The van der Waals surface area contributed by atoms with Crippen LogP contribution in [-0.2, 0) is 14.8 Å². The second-order valence-electron chi connectivity index (χ2n) is 12.0. The predicted molar refractivity (Wildman–Crippen MR) is 177 cm³/mol. The maximum atomic E-state index is 13.0. The number of carbonyl (C=O) groups is 2. The van der Waals surface area contributed by atoms with E-state index in [2.05, 4.69) is 20.0 Å². The van der Waals surface area contributed by atoms with E-state index in [9.17, 15) is 18.0 Å². The standard InChI is InChI=1S/C33H35ClN6O6S/c1-21-13-14-22(29(41)39-47(43,44)28-12-6-5-11-25(28)34)19-27(21)45-30-24(10-7-16-35-30)26-15-17-36-31(38-26)37-23-9-8-18-40(20-23)32(42)46-33(2,3)4/h5-7,10-17,19,23H,8-9,18,20H2,1-4H3,(H,39,41)(H,36,37,38)/t23-/m0/s1. The fourth-order valence-electron chi connectivity index (χ4n) is 4.87. The van der Waals surface area contributed by atoms with Crippen molar-refractivity contribution in [2.24, 2.45) is 0 Å². The Morgan fingerprint density at radius 2 is 1.81 bits per heavy atom. The Bertz CT molecular complexity index is 1900. The van der Waals surface area contributed by atoms with Crippen LogP contribution >= 0.6 is 11.6 Å². The van der Waals surface area contributed by atoms with Crippen LogP contribution in [0, 0.1) is 6.92 Å². The molecule has 2 aromatic carbocycles. The number of halogens is 1. The highest BCUT2D eigenvalue weighted by atomic mass is 35.5. The van der Waals surface area contributed by atoms with Crippen molar-refractivity contribution < 1.29 is 27.5 Å². The Labute approximate surface area is 278 Å². The summed E-state index contributed by atoms with van der Waals surface area (Å²) in [5.41, 5.74) is 1.25. The lowest BCUT2D eigenvalue weighted by Gasteiger charge is -2.34. The number of nitrogens with one attached hydrogen (secondary N) is 2. The van der Waals surface area contributed by atoms with Crippen molar-refractivity contribution in [1.82, 2.24) is 24.6 Å². The molecule has 0 radical (unpaired) electrons. The Balaban J connectivity index is 1.32. The first kappa shape index (κ1) is 33.6. The van der Waals surface area contributed by atoms with Crippen molar-refractivity contribution in [1.29, 1.82) is 0 Å². The summed E-state index contributed by atoms with van der Waals surface area (Å²) >= 11 is 6.05. The number of benzene rings is 2. The maximum Gasteiger partial charge on any atom is 0.410 e. The highest BCUT2D eigenvalue weighted by Gasteiger charge is 2.28. The molecule has 1 aliphatic heterocycles. The molecule has 1 aliphatic rings. The van der Waals surface area contributed by atoms with Gasteiger partial charge >= 0.3 is 6.09 Å². The number of nitrogens with zero attached hydrogens (tertiary/aromatic N) is 4. The molecule has 2 N–H and O–H groups in total. The molecule has 0 bridgehead atoms. The number of piperidine rings is 1. The van der Waals surface area contributed by atoms with Crippen molar-refractivity contribution in [2.45, 2.75) is 57.1 Å². The second kappa shape index (κ2) is 13.9. The van der Waals surface area contributed by atoms with Gasteiger partial charge in [0.15, 0.2) is 0 Å². The van der Waals surface area contributed by atoms with Crippen LogP contribution in [0.2, 0.25) is 5.02 Å². The van der Waals surface area contributed by atoms with Crippen molar-refractivity contribution >= 4 is 39.6 Å². The summed E-state index contributed by atoms with van der Waals surface area (Å²) in [6.45, 7) is 8.37. The van der Waals surface area contributed by atoms with E-state index in [4.69, 9.17) is 26.1 Å². The van der Waals surface area contributed by atoms with Crippen LogP contribution in [0.3, 0.4) is 0 Å². The Kier molecular flexibility index (Phi) is 9.96. The lowest BCUT2D eigenvalue weighted by molar-refractivity contribution is 0.0206. The van der Waals surface area contributed by atoms with Crippen molar-refractivity contribution in [2.75, 3.05) is 18.4 Å². The largest absolute Gasteiger partial charge is 0.444 e. The smallest absolute Gasteiger partial charge is 0.410 e. The molecule has 0 aliphatic carbocycles. The van der Waals surface area contributed by atoms with E-state index in [1.165, 1.54) is 30.3 Å². The number of aryl methyl sites for hydroxylation is 1. The Morgan fingerprint density at radius 3 is 2.57 bits per heavy atom. The van der Waals surface area contributed by atoms with Crippen LogP contribution in [-0.4, -0.2) is 65.0 Å². The summed E-state index contributed by atoms with van der Waals surface area (Å²) in [4.78, 5) is 40.6. The number of aromatic nitrogens is 3. The van der Waals surface area contributed by atoms with Crippen LogP contribution in [0.4, 0.5) is 10.7 Å². The molecule has 0 spiro atoms. The van der Waals surface area contributed by atoms with Gasteiger partial charge in [0, 0.05) is 37.1 Å². The number of carbonyl (C=O) groups excluding carboxylic acids is 2. The third kappa shape index (κ3) is 8.54. The van der Waals surface area contributed by atoms with E-state index >= 15 is 0 Å². The van der Waals surface area contributed by atoms with Crippen LogP contribution in [0.5, 0.6) is 11.6 Å². The van der Waals surface area contributed by atoms with Crippen molar-refractivity contribution in [3.8, 4) is 22.9 Å². The number of amides is 2. The fraction of sp³-hybridized carbons (Fsp3) is 0.303. The topological polar surface area (TPSA) is 153 Å². The summed E-state index contributed by atoms with van der Waals surface area (Å²) in [6, 6.07) is 15.6. The van der Waals surface area contributed by atoms with Gasteiger partial charge in [-0.1, -0.05) is 29.8 Å². The van der Waals surface area contributed by atoms with E-state index < -0.39 is 21.5 Å². The molecule has 2 amide bonds. The van der Waals surface area contributed by atoms with Crippen molar-refractivity contribution in [3.63, 3.8) is 0 Å². The van der Waals surface area contributed by atoms with Crippen LogP contribution in [0.25, 0.3) is 11.3 Å². The highest BCUT2D eigenvalue weighted by molar-refractivity contribution is 7.90. The summed E-state index contributed by atoms with van der Waals surface area (Å²) in [5.74, 6) is 0.0400. The predicted octanol–water partition coefficient (Wildman–Crippen LogP) is 6.22. The summed E-state index contributed by atoms with van der Waals surface area (Å²) < 4.78 is 39.5. The van der Waals surface area contributed by atoms with Gasteiger partial charge in [0.25, 0.3) is 15.9 Å². The number of sulfonamides is 1. The van der Waals surface area contributed by atoms with Gasteiger partial charge in [-0.15, -0.1) is 0 Å². The first-order chi connectivity index (χ1) is 22.3. The minimum atomic E-state index is -4.22. The van der Waals surface area contributed by atoms with Gasteiger partial charge < -0.3 is 19.7 Å². The van der Waals surface area contributed by atoms with E-state index in [0.29, 0.717) is 41.6 Å². The first-order valence-corrected chi connectivity index (χ1v) is 16.8. The molecule has 1 atom stereocenters. The normalized spacial score (nSPS) is 15.1. The molecule has 47 heavy (non-hydrogen) atoms. The van der Waals surface area contributed by atoms with Gasteiger partial charge in [0.1, 0.15) is 16.2 Å². The number of likely N-dealkylation sites (tertiary alicyclic amines) is 1. The number of pyridine rings is 1. The Morgan fingerprint density at radius 1 is 1.02 bits per heavy atom. The second-order valence-corrected chi connectivity index (χ2v) is 14.0. The average molecular weight is 679 g/mol. The number of ether oxygens (including phenoxy) is 2. The first-order valence-electron chi connectivity index (χ1n) is 14.9. The van der Waals surface area contributed by atoms with Gasteiger partial charge in [0.2, 0.25) is 11.8 Å². The van der Waals surface area contributed by atoms with E-state index in [-0.39, 0.29) is 33.5 Å². The van der Waals surface area contributed by atoms with Gasteiger partial charge in [-0.2, -0.15) is 0 Å². The van der Waals surface area contributed by atoms with Gasteiger partial charge in [-0.05, 0) is 88.6 Å². The van der Waals surface area contributed by atoms with Crippen molar-refractivity contribution in [3.05, 3.63) is 89.2 Å². The zero-order valence-corrected chi connectivity index (χ0v) is 27.9. The van der Waals surface area contributed by atoms with Crippen LogP contribution < -0.4 is 14.8 Å². The fourth-order valence-corrected chi connectivity index (χ4v) is 6.36. The number of rotatable bonds is 8. The lowest BCUT2D eigenvalue weighted by atomic mass is 10.1. The molecule has 0 saturated carbocycles. The molecule has 0 unspecified atom stereocenters. The molecule has 246 valence electrons. The molecule has 3 heterocycles. The molecule has 12 nitrogen and oxygen atoms in total. The highest BCUT2D eigenvalue weighted by Crippen LogP contribution is 2.33. The third-order valence-electron chi connectivity index (χ3n) is 7.12. The van der Waals surface area contributed by atoms with Gasteiger partial charge in [-0.25, -0.2) is 32.9 Å². The quantitative estimate of drug-likeness (QED) is 0.220. The number of anilines is 1. The van der Waals surface area contributed by atoms with Crippen LogP contribution in [0.1, 0.15) is 49.5 Å². The minimum absolute atomic E-state index is 0.00648. The van der Waals surface area contributed by atoms with Gasteiger partial charge in [-0.3, -0.25) is 4.79 Å². The molecule has 1 fully saturated rings. The number of hydrogen-bond donors (Lipinski definition) is 2. The SMILES string of the molecule is Cc1ccc(C(=O)NS(=O)(=O)c2ccccc2Cl)cc1Oc1ncccc1-c1ccnc(N[C@H]2CCCN(C(=O)OC(C)(C)C)C2)n1. The molecule has 1 saturated heterocycles.